The van der Waals surface area contributed by atoms with Gasteiger partial charge in [-0.2, -0.15) is 0 Å². The van der Waals surface area contributed by atoms with Gasteiger partial charge in [-0.3, -0.25) is 14.4 Å². The van der Waals surface area contributed by atoms with Crippen LogP contribution < -0.4 is 11.1 Å². The fourth-order valence-electron chi connectivity index (χ4n) is 5.06. The molecule has 1 aromatic carbocycles. The lowest BCUT2D eigenvalue weighted by molar-refractivity contribution is -0.139. The second-order valence-electron chi connectivity index (χ2n) is 9.97. The molecule has 7 heteroatoms. The van der Waals surface area contributed by atoms with Gasteiger partial charge in [0.15, 0.2) is 0 Å². The number of ether oxygens (including phenoxy) is 1. The minimum Gasteiger partial charge on any atom is -0.372 e. The number of primary amides is 1. The Morgan fingerprint density at radius 1 is 1.21 bits per heavy atom. The largest absolute Gasteiger partial charge is 0.372 e. The van der Waals surface area contributed by atoms with Gasteiger partial charge in [0.2, 0.25) is 17.7 Å². The van der Waals surface area contributed by atoms with Gasteiger partial charge < -0.3 is 20.7 Å². The number of carbonyl (C=O) groups excluding carboxylic acids is 3. The van der Waals surface area contributed by atoms with Gasteiger partial charge in [0.1, 0.15) is 6.04 Å². The van der Waals surface area contributed by atoms with Crippen LogP contribution in [0.25, 0.3) is 0 Å². The number of hydrogen-bond donors (Lipinski definition) is 2. The van der Waals surface area contributed by atoms with Gasteiger partial charge in [-0.15, -0.1) is 0 Å². The van der Waals surface area contributed by atoms with Crippen molar-refractivity contribution in [2.24, 2.45) is 23.5 Å². The fraction of sp³-hybridized carbons (Fsp3) is 0.593. The van der Waals surface area contributed by atoms with Gasteiger partial charge in [0.05, 0.1) is 18.8 Å². The van der Waals surface area contributed by atoms with Crippen LogP contribution in [-0.2, 0) is 25.7 Å². The van der Waals surface area contributed by atoms with Crippen molar-refractivity contribution in [1.82, 2.24) is 10.2 Å². The normalized spacial score (nSPS) is 23.9. The maximum Gasteiger partial charge on any atom is 0.246 e. The molecule has 1 saturated heterocycles. The average Bonchev–Trinajstić information content (AvgIpc) is 3.16. The molecule has 2 aliphatic heterocycles. The molecule has 0 radical (unpaired) electrons. The van der Waals surface area contributed by atoms with Gasteiger partial charge in [0.25, 0.3) is 0 Å². The fourth-order valence-corrected chi connectivity index (χ4v) is 5.06. The molecule has 7 nitrogen and oxygen atoms in total. The molecule has 0 aliphatic carbocycles. The first-order valence-corrected chi connectivity index (χ1v) is 12.5. The van der Waals surface area contributed by atoms with E-state index >= 15 is 0 Å². The summed E-state index contributed by atoms with van der Waals surface area (Å²) >= 11 is 0. The number of amides is 3. The van der Waals surface area contributed by atoms with Gasteiger partial charge in [-0.05, 0) is 37.2 Å². The summed E-state index contributed by atoms with van der Waals surface area (Å²) in [5.41, 5.74) is 6.76. The van der Waals surface area contributed by atoms with Crippen LogP contribution in [0.4, 0.5) is 0 Å². The van der Waals surface area contributed by atoms with Crippen LogP contribution in [0.5, 0.6) is 0 Å². The van der Waals surface area contributed by atoms with Crippen molar-refractivity contribution in [2.45, 2.75) is 77.7 Å². The molecule has 5 atom stereocenters. The second-order valence-corrected chi connectivity index (χ2v) is 9.97. The molecule has 0 saturated carbocycles. The highest BCUT2D eigenvalue weighted by molar-refractivity contribution is 5.92. The van der Waals surface area contributed by atoms with E-state index in [4.69, 9.17) is 10.5 Å². The first kappa shape index (κ1) is 25.9. The van der Waals surface area contributed by atoms with E-state index in [2.05, 4.69) is 5.32 Å². The van der Waals surface area contributed by atoms with Crippen molar-refractivity contribution in [3.63, 3.8) is 0 Å². The molecule has 1 aromatic rings. The number of nitrogens with one attached hydrogen (secondary N) is 1. The Bertz CT molecular complexity index is 870. The lowest BCUT2D eigenvalue weighted by Crippen LogP contribution is -2.51. The summed E-state index contributed by atoms with van der Waals surface area (Å²) in [5, 5.41) is 2.96. The lowest BCUT2D eigenvalue weighted by Gasteiger charge is -2.29. The summed E-state index contributed by atoms with van der Waals surface area (Å²) < 4.78 is 6.09. The molecular weight excluding hydrogens is 430 g/mol. The van der Waals surface area contributed by atoms with Crippen molar-refractivity contribution < 1.29 is 19.1 Å². The molecule has 1 fully saturated rings. The van der Waals surface area contributed by atoms with E-state index in [1.165, 1.54) is 0 Å². The van der Waals surface area contributed by atoms with Crippen molar-refractivity contribution in [2.75, 3.05) is 6.54 Å². The molecule has 186 valence electrons. The lowest BCUT2D eigenvalue weighted by atomic mass is 9.81. The monoisotopic (exact) mass is 469 g/mol. The molecule has 34 heavy (non-hydrogen) atoms. The highest BCUT2D eigenvalue weighted by atomic mass is 16.5. The summed E-state index contributed by atoms with van der Waals surface area (Å²) in [6.07, 6.45) is 7.03. The molecule has 2 heterocycles. The summed E-state index contributed by atoms with van der Waals surface area (Å²) in [7, 11) is 0. The standard InChI is InChI=1S/C27H39N3O4/c1-4-9-22(25(28)31)23(14-18(2)3)26(32)29-24-13-8-12-20-15-21(16-30(20)27(24)33)34-17-19-10-6-5-7-11-19/h5-8,10-12,18,20-24H,4,9,13-17H2,1-3H3,(H2,28,31)(H,29,32). The van der Waals surface area contributed by atoms with E-state index in [9.17, 15) is 14.4 Å². The van der Waals surface area contributed by atoms with Crippen molar-refractivity contribution in [3.05, 3.63) is 48.0 Å². The predicted octanol–water partition coefficient (Wildman–Crippen LogP) is 3.18. The van der Waals surface area contributed by atoms with Gasteiger partial charge in [-0.25, -0.2) is 0 Å². The first-order chi connectivity index (χ1) is 16.3. The second kappa shape index (κ2) is 12.2. The predicted molar refractivity (Wildman–Crippen MR) is 131 cm³/mol. The van der Waals surface area contributed by atoms with Crippen LogP contribution in [0.15, 0.2) is 42.5 Å². The van der Waals surface area contributed by atoms with E-state index in [0.29, 0.717) is 32.4 Å². The Morgan fingerprint density at radius 2 is 1.94 bits per heavy atom. The number of rotatable bonds is 11. The van der Waals surface area contributed by atoms with Crippen LogP contribution in [0, 0.1) is 17.8 Å². The quantitative estimate of drug-likeness (QED) is 0.486. The van der Waals surface area contributed by atoms with Gasteiger partial charge in [-0.1, -0.05) is 69.7 Å². The smallest absolute Gasteiger partial charge is 0.246 e. The maximum absolute atomic E-state index is 13.4. The van der Waals surface area contributed by atoms with Crippen LogP contribution in [-0.4, -0.2) is 47.4 Å². The SMILES string of the molecule is CCCC(C(N)=O)C(CC(C)C)C(=O)NC1CC=CC2CC(OCc3ccccc3)CN2C1=O. The zero-order valence-electron chi connectivity index (χ0n) is 20.6. The summed E-state index contributed by atoms with van der Waals surface area (Å²) in [6, 6.07) is 9.31. The molecule has 5 unspecified atom stereocenters. The molecule has 0 aromatic heterocycles. The first-order valence-electron chi connectivity index (χ1n) is 12.5. The van der Waals surface area contributed by atoms with E-state index < -0.39 is 23.8 Å². The maximum atomic E-state index is 13.4. The van der Waals surface area contributed by atoms with Crippen molar-refractivity contribution in [3.8, 4) is 0 Å². The average molecular weight is 470 g/mol. The molecule has 3 rings (SSSR count). The zero-order chi connectivity index (χ0) is 24.7. The highest BCUT2D eigenvalue weighted by Gasteiger charge is 2.40. The highest BCUT2D eigenvalue weighted by Crippen LogP contribution is 2.28. The van der Waals surface area contributed by atoms with E-state index in [0.717, 1.165) is 18.4 Å². The third-order valence-corrected chi connectivity index (χ3v) is 6.77. The summed E-state index contributed by atoms with van der Waals surface area (Å²) in [4.78, 5) is 40.6. The Kier molecular flexibility index (Phi) is 9.28. The molecule has 3 N–H and O–H groups in total. The molecule has 3 amide bonds. The summed E-state index contributed by atoms with van der Waals surface area (Å²) in [6.45, 7) is 7.03. The Labute approximate surface area is 203 Å². The Balaban J connectivity index is 1.65. The molecule has 0 spiro atoms. The minimum absolute atomic E-state index is 0.0277. The Hall–Kier alpha value is -2.67. The minimum atomic E-state index is -0.647. The number of fused-ring (bicyclic) bond motifs is 1. The van der Waals surface area contributed by atoms with Crippen molar-refractivity contribution >= 4 is 17.7 Å². The van der Waals surface area contributed by atoms with E-state index in [1.807, 2.05) is 68.2 Å². The number of nitrogens with two attached hydrogens (primary N) is 1. The van der Waals surface area contributed by atoms with Gasteiger partial charge >= 0.3 is 0 Å². The number of hydrogen-bond acceptors (Lipinski definition) is 4. The summed E-state index contributed by atoms with van der Waals surface area (Å²) in [5.74, 6) is -1.64. The van der Waals surface area contributed by atoms with E-state index in [-0.39, 0.29) is 29.9 Å². The van der Waals surface area contributed by atoms with Crippen LogP contribution in [0.2, 0.25) is 0 Å². The number of nitrogens with zero attached hydrogens (tertiary/aromatic N) is 1. The third-order valence-electron chi connectivity index (χ3n) is 6.77. The van der Waals surface area contributed by atoms with Gasteiger partial charge in [0, 0.05) is 18.4 Å². The number of carbonyl (C=O) groups is 3. The number of benzene rings is 1. The van der Waals surface area contributed by atoms with Crippen LogP contribution in [0.1, 0.15) is 58.4 Å². The zero-order valence-corrected chi connectivity index (χ0v) is 20.6. The van der Waals surface area contributed by atoms with Crippen LogP contribution in [0.3, 0.4) is 0 Å². The van der Waals surface area contributed by atoms with Crippen LogP contribution >= 0.6 is 0 Å². The van der Waals surface area contributed by atoms with E-state index in [1.54, 1.807) is 0 Å². The topological polar surface area (TPSA) is 102 Å². The third kappa shape index (κ3) is 6.69. The molecular formula is C27H39N3O4. The molecule has 2 aliphatic rings. The van der Waals surface area contributed by atoms with Crippen molar-refractivity contribution in [1.29, 1.82) is 0 Å². The molecule has 0 bridgehead atoms. The Morgan fingerprint density at radius 3 is 2.59 bits per heavy atom.